The largest absolute Gasteiger partial charge is 0.393 e. The summed E-state index contributed by atoms with van der Waals surface area (Å²) in [5.74, 6) is 4.60. The Bertz CT molecular complexity index is 587. The van der Waals surface area contributed by atoms with Crippen molar-refractivity contribution >= 4 is 0 Å². The van der Waals surface area contributed by atoms with Crippen molar-refractivity contribution in [2.45, 2.75) is 76.9 Å². The van der Waals surface area contributed by atoms with Crippen LogP contribution in [0.15, 0.2) is 11.6 Å². The second-order valence-corrected chi connectivity index (χ2v) is 9.41. The van der Waals surface area contributed by atoms with E-state index in [1.54, 1.807) is 0 Å². The molecule has 0 aromatic carbocycles. The Balaban J connectivity index is 1.68. The lowest BCUT2D eigenvalue weighted by Crippen LogP contribution is -2.49. The molecule has 0 radical (unpaired) electrons. The highest BCUT2D eigenvalue weighted by atomic mass is 16.3. The average molecular weight is 314 g/mol. The van der Waals surface area contributed by atoms with Crippen LogP contribution in [0.5, 0.6) is 0 Å². The quantitative estimate of drug-likeness (QED) is 0.529. The minimum atomic E-state index is -0.887. The van der Waals surface area contributed by atoms with E-state index in [2.05, 4.69) is 25.8 Å². The zero-order chi connectivity index (χ0) is 16.5. The first kappa shape index (κ1) is 15.7. The summed E-state index contributed by atoms with van der Waals surface area (Å²) in [5.41, 5.74) is 1.09. The first-order chi connectivity index (χ1) is 10.8. The van der Waals surface area contributed by atoms with Gasteiger partial charge in [-0.05, 0) is 80.0 Å². The SMILES string of the molecule is C#C[C@@]1(O)C[C@H]2[C@@H]3CC=C4C[C@H](O)CC[C@]4(C)[C@H]3CC[C@]2(C)C1. The first-order valence-corrected chi connectivity index (χ1v) is 9.37. The maximum atomic E-state index is 10.7. The topological polar surface area (TPSA) is 40.5 Å². The van der Waals surface area contributed by atoms with Gasteiger partial charge < -0.3 is 10.2 Å². The second-order valence-electron chi connectivity index (χ2n) is 9.41. The van der Waals surface area contributed by atoms with Crippen LogP contribution >= 0.6 is 0 Å². The molecule has 2 N–H and O–H groups in total. The molecule has 4 rings (SSSR count). The van der Waals surface area contributed by atoms with Gasteiger partial charge in [0.05, 0.1) is 6.10 Å². The molecular formula is C21H30O2. The fourth-order valence-corrected chi connectivity index (χ4v) is 6.87. The number of aliphatic hydroxyl groups excluding tert-OH is 1. The Hall–Kier alpha value is -0.780. The summed E-state index contributed by atoms with van der Waals surface area (Å²) in [6.07, 6.45) is 16.0. The van der Waals surface area contributed by atoms with Crippen LogP contribution in [0.25, 0.3) is 0 Å². The van der Waals surface area contributed by atoms with Gasteiger partial charge in [-0.2, -0.15) is 0 Å². The molecule has 7 atom stereocenters. The highest BCUT2D eigenvalue weighted by molar-refractivity contribution is 5.27. The lowest BCUT2D eigenvalue weighted by molar-refractivity contribution is -0.0360. The van der Waals surface area contributed by atoms with Gasteiger partial charge in [-0.3, -0.25) is 0 Å². The molecule has 0 bridgehead atoms. The molecule has 3 saturated carbocycles. The Morgan fingerprint density at radius 2 is 2.00 bits per heavy atom. The van der Waals surface area contributed by atoms with Crippen molar-refractivity contribution in [1.29, 1.82) is 0 Å². The van der Waals surface area contributed by atoms with E-state index < -0.39 is 5.60 Å². The molecule has 23 heavy (non-hydrogen) atoms. The lowest BCUT2D eigenvalue weighted by Gasteiger charge is -2.57. The maximum Gasteiger partial charge on any atom is 0.126 e. The fraction of sp³-hybridized carbons (Fsp3) is 0.810. The number of hydrogen-bond acceptors (Lipinski definition) is 2. The first-order valence-electron chi connectivity index (χ1n) is 9.37. The van der Waals surface area contributed by atoms with Crippen LogP contribution in [-0.4, -0.2) is 21.9 Å². The molecule has 0 spiro atoms. The van der Waals surface area contributed by atoms with Crippen LogP contribution in [0.2, 0.25) is 0 Å². The number of hydrogen-bond donors (Lipinski definition) is 2. The van der Waals surface area contributed by atoms with Gasteiger partial charge in [0, 0.05) is 0 Å². The molecule has 0 aromatic rings. The average Bonchev–Trinajstić information content (AvgIpc) is 2.79. The van der Waals surface area contributed by atoms with Crippen molar-refractivity contribution in [3.05, 3.63) is 11.6 Å². The summed E-state index contributed by atoms with van der Waals surface area (Å²) in [6.45, 7) is 4.79. The van der Waals surface area contributed by atoms with Crippen LogP contribution in [0.1, 0.15) is 65.2 Å². The van der Waals surface area contributed by atoms with E-state index in [1.165, 1.54) is 18.4 Å². The molecule has 2 nitrogen and oxygen atoms in total. The third-order valence-corrected chi connectivity index (χ3v) is 8.12. The smallest absolute Gasteiger partial charge is 0.126 e. The van der Waals surface area contributed by atoms with E-state index in [0.29, 0.717) is 17.8 Å². The molecule has 0 amide bonds. The Labute approximate surface area is 140 Å². The third-order valence-electron chi connectivity index (χ3n) is 8.12. The highest BCUT2D eigenvalue weighted by Gasteiger charge is 2.60. The summed E-state index contributed by atoms with van der Waals surface area (Å²) < 4.78 is 0. The van der Waals surface area contributed by atoms with Crippen molar-refractivity contribution in [3.63, 3.8) is 0 Å². The van der Waals surface area contributed by atoms with Gasteiger partial charge in [0.1, 0.15) is 5.60 Å². The van der Waals surface area contributed by atoms with Crippen LogP contribution in [0.4, 0.5) is 0 Å². The van der Waals surface area contributed by atoms with Gasteiger partial charge in [0.25, 0.3) is 0 Å². The van der Waals surface area contributed by atoms with Crippen LogP contribution in [0.3, 0.4) is 0 Å². The van der Waals surface area contributed by atoms with E-state index >= 15 is 0 Å². The normalized spacial score (nSPS) is 55.2. The Morgan fingerprint density at radius 3 is 2.74 bits per heavy atom. The number of allylic oxidation sites excluding steroid dienone is 1. The predicted octanol–water partition coefficient (Wildman–Crippen LogP) is 3.67. The molecule has 2 heteroatoms. The molecule has 126 valence electrons. The van der Waals surface area contributed by atoms with Gasteiger partial charge in [0.15, 0.2) is 0 Å². The highest BCUT2D eigenvalue weighted by Crippen LogP contribution is 2.66. The summed E-state index contributed by atoms with van der Waals surface area (Å²) in [5, 5.41) is 20.8. The van der Waals surface area contributed by atoms with Gasteiger partial charge in [-0.1, -0.05) is 31.4 Å². The minimum Gasteiger partial charge on any atom is -0.393 e. The number of fused-ring (bicyclic) bond motifs is 5. The third kappa shape index (κ3) is 2.16. The van der Waals surface area contributed by atoms with Gasteiger partial charge in [-0.15, -0.1) is 6.42 Å². The van der Waals surface area contributed by atoms with E-state index in [0.717, 1.165) is 38.5 Å². The van der Waals surface area contributed by atoms with E-state index in [-0.39, 0.29) is 16.9 Å². The number of rotatable bonds is 0. The van der Waals surface area contributed by atoms with Gasteiger partial charge >= 0.3 is 0 Å². The van der Waals surface area contributed by atoms with Crippen molar-refractivity contribution in [2.24, 2.45) is 28.6 Å². The van der Waals surface area contributed by atoms with E-state index in [1.807, 2.05) is 0 Å². The molecule has 0 aliphatic heterocycles. The molecule has 0 heterocycles. The minimum absolute atomic E-state index is 0.141. The van der Waals surface area contributed by atoms with Crippen LogP contribution in [-0.2, 0) is 0 Å². The Kier molecular flexibility index (Phi) is 3.33. The van der Waals surface area contributed by atoms with Crippen molar-refractivity contribution in [2.75, 3.05) is 0 Å². The Morgan fingerprint density at radius 1 is 1.22 bits per heavy atom. The molecule has 4 aliphatic carbocycles. The van der Waals surface area contributed by atoms with E-state index in [9.17, 15) is 10.2 Å². The molecular weight excluding hydrogens is 284 g/mol. The monoisotopic (exact) mass is 314 g/mol. The van der Waals surface area contributed by atoms with Gasteiger partial charge in [0.2, 0.25) is 0 Å². The number of aliphatic hydroxyl groups is 2. The van der Waals surface area contributed by atoms with Crippen LogP contribution < -0.4 is 0 Å². The van der Waals surface area contributed by atoms with Crippen molar-refractivity contribution in [1.82, 2.24) is 0 Å². The second kappa shape index (κ2) is 4.87. The summed E-state index contributed by atoms with van der Waals surface area (Å²) in [7, 11) is 0. The summed E-state index contributed by atoms with van der Waals surface area (Å²) in [4.78, 5) is 0. The fourth-order valence-electron chi connectivity index (χ4n) is 6.87. The molecule has 0 saturated heterocycles. The zero-order valence-corrected chi connectivity index (χ0v) is 14.5. The maximum absolute atomic E-state index is 10.7. The van der Waals surface area contributed by atoms with Gasteiger partial charge in [-0.25, -0.2) is 0 Å². The number of terminal acetylenes is 1. The summed E-state index contributed by atoms with van der Waals surface area (Å²) in [6, 6.07) is 0. The molecule has 3 fully saturated rings. The molecule has 0 unspecified atom stereocenters. The lowest BCUT2D eigenvalue weighted by atomic mass is 9.48. The van der Waals surface area contributed by atoms with Crippen molar-refractivity contribution < 1.29 is 10.2 Å². The predicted molar refractivity (Wildman–Crippen MR) is 91.5 cm³/mol. The van der Waals surface area contributed by atoms with Crippen molar-refractivity contribution in [3.8, 4) is 12.3 Å². The molecule has 4 aliphatic rings. The van der Waals surface area contributed by atoms with E-state index in [4.69, 9.17) is 6.42 Å². The zero-order valence-electron chi connectivity index (χ0n) is 14.5. The van der Waals surface area contributed by atoms with Crippen LogP contribution in [0, 0.1) is 40.9 Å². The molecule has 0 aromatic heterocycles. The standard InChI is InChI=1S/C21H30O2/c1-4-21(23)12-18-16-6-5-14-11-15(22)7-10-20(14,3)17(16)8-9-19(18,2)13-21/h1,5,15-18,22-23H,6-13H2,2-3H3/t15-,16-,17+,18+,19-,20+,21-/m1/s1. The summed E-state index contributed by atoms with van der Waals surface area (Å²) >= 11 is 0.